The number of rotatable bonds is 8. The van der Waals surface area contributed by atoms with E-state index < -0.39 is 26.6 Å². The Morgan fingerprint density at radius 1 is 0.935 bits per heavy atom. The highest BCUT2D eigenvalue weighted by Gasteiger charge is 2.23. The number of hydrogen-bond acceptors (Lipinski definition) is 6. The minimum absolute atomic E-state index is 0.155. The fourth-order valence-electron chi connectivity index (χ4n) is 3.01. The third kappa shape index (κ3) is 5.26. The first kappa shape index (κ1) is 22.4. The van der Waals surface area contributed by atoms with Crippen LogP contribution in [0.15, 0.2) is 53.4 Å². The van der Waals surface area contributed by atoms with Gasteiger partial charge in [-0.05, 0) is 57.2 Å². The van der Waals surface area contributed by atoms with Gasteiger partial charge in [0.25, 0.3) is 10.0 Å². The van der Waals surface area contributed by atoms with Crippen LogP contribution in [0.2, 0.25) is 0 Å². The van der Waals surface area contributed by atoms with Gasteiger partial charge in [0.1, 0.15) is 17.5 Å². The summed E-state index contributed by atoms with van der Waals surface area (Å²) in [5, 5.41) is 3.08. The van der Waals surface area contributed by atoms with Crippen LogP contribution in [0.25, 0.3) is 0 Å². The average Bonchev–Trinajstić information content (AvgIpc) is 2.69. The molecule has 0 unspecified atom stereocenters. The van der Waals surface area contributed by atoms with Gasteiger partial charge in [0, 0.05) is 36.2 Å². The molecule has 0 aliphatic rings. The standard InChI is InChI=1S/C21H23F2N5O2S/c1-4-28(5-2)19-13-14(3)24-21(26-19)25-15-9-11-16(12-10-15)27-31(29,30)20-17(22)7-6-8-18(20)23/h6-13,27H,4-5H2,1-3H3,(H,24,25,26). The molecule has 0 saturated heterocycles. The van der Waals surface area contributed by atoms with E-state index in [2.05, 4.69) is 24.9 Å². The van der Waals surface area contributed by atoms with Gasteiger partial charge in [-0.2, -0.15) is 4.98 Å². The summed E-state index contributed by atoms with van der Waals surface area (Å²) in [5.41, 5.74) is 1.58. The molecule has 164 valence electrons. The second kappa shape index (κ2) is 9.25. The SMILES string of the molecule is CCN(CC)c1cc(C)nc(Nc2ccc(NS(=O)(=O)c3c(F)cccc3F)cc2)n1. The number of halogens is 2. The zero-order valence-corrected chi connectivity index (χ0v) is 18.2. The lowest BCUT2D eigenvalue weighted by Gasteiger charge is -2.20. The largest absolute Gasteiger partial charge is 0.357 e. The normalized spacial score (nSPS) is 11.3. The summed E-state index contributed by atoms with van der Waals surface area (Å²) in [6, 6.07) is 10.9. The molecule has 10 heteroatoms. The quantitative estimate of drug-likeness (QED) is 0.530. The van der Waals surface area contributed by atoms with Crippen LogP contribution in [0.1, 0.15) is 19.5 Å². The predicted octanol–water partition coefficient (Wildman–Crippen LogP) is 4.45. The molecule has 1 heterocycles. The Morgan fingerprint density at radius 2 is 1.52 bits per heavy atom. The van der Waals surface area contributed by atoms with Crippen molar-refractivity contribution >= 4 is 33.2 Å². The van der Waals surface area contributed by atoms with Gasteiger partial charge < -0.3 is 10.2 Å². The Bertz CT molecular complexity index is 1150. The van der Waals surface area contributed by atoms with Crippen molar-refractivity contribution in [1.29, 1.82) is 0 Å². The van der Waals surface area contributed by atoms with Gasteiger partial charge in [-0.25, -0.2) is 22.2 Å². The highest BCUT2D eigenvalue weighted by molar-refractivity contribution is 7.92. The molecule has 0 bridgehead atoms. The molecule has 0 saturated carbocycles. The first-order valence-corrected chi connectivity index (χ1v) is 11.2. The van der Waals surface area contributed by atoms with E-state index in [1.165, 1.54) is 12.1 Å². The summed E-state index contributed by atoms with van der Waals surface area (Å²) < 4.78 is 54.6. The molecule has 0 spiro atoms. The summed E-state index contributed by atoms with van der Waals surface area (Å²) in [4.78, 5) is 9.98. The summed E-state index contributed by atoms with van der Waals surface area (Å²) in [7, 11) is -4.42. The Balaban J connectivity index is 1.78. The summed E-state index contributed by atoms with van der Waals surface area (Å²) in [5.74, 6) is -1.11. The van der Waals surface area contributed by atoms with Gasteiger partial charge in [-0.3, -0.25) is 4.72 Å². The van der Waals surface area contributed by atoms with Crippen LogP contribution in [-0.2, 0) is 10.0 Å². The van der Waals surface area contributed by atoms with Gasteiger partial charge in [0.2, 0.25) is 5.95 Å². The first-order chi connectivity index (χ1) is 14.7. The molecule has 7 nitrogen and oxygen atoms in total. The Labute approximate surface area is 180 Å². The lowest BCUT2D eigenvalue weighted by atomic mass is 10.3. The van der Waals surface area contributed by atoms with Crippen LogP contribution in [0.4, 0.5) is 31.9 Å². The molecule has 0 fully saturated rings. The van der Waals surface area contributed by atoms with Crippen LogP contribution < -0.4 is 14.9 Å². The number of hydrogen-bond donors (Lipinski definition) is 2. The minimum Gasteiger partial charge on any atom is -0.357 e. The number of benzene rings is 2. The molecule has 0 amide bonds. The van der Waals surface area contributed by atoms with Crippen molar-refractivity contribution in [2.45, 2.75) is 25.7 Å². The van der Waals surface area contributed by atoms with Crippen LogP contribution >= 0.6 is 0 Å². The number of nitrogens with zero attached hydrogens (tertiary/aromatic N) is 3. The minimum atomic E-state index is -4.42. The molecule has 3 rings (SSSR count). The Hall–Kier alpha value is -3.27. The van der Waals surface area contributed by atoms with Crippen LogP contribution in [0.3, 0.4) is 0 Å². The molecule has 31 heavy (non-hydrogen) atoms. The summed E-state index contributed by atoms with van der Waals surface area (Å²) >= 11 is 0. The maximum absolute atomic E-state index is 13.8. The number of aromatic nitrogens is 2. The molecule has 2 N–H and O–H groups in total. The average molecular weight is 448 g/mol. The van der Waals surface area contributed by atoms with Crippen molar-refractivity contribution in [2.75, 3.05) is 28.0 Å². The second-order valence-electron chi connectivity index (χ2n) is 6.72. The monoisotopic (exact) mass is 447 g/mol. The summed E-state index contributed by atoms with van der Waals surface area (Å²) in [6.07, 6.45) is 0. The molecular formula is C21H23F2N5O2S. The molecule has 0 radical (unpaired) electrons. The molecule has 2 aromatic carbocycles. The molecule has 0 atom stereocenters. The van der Waals surface area contributed by atoms with E-state index in [1.54, 1.807) is 12.1 Å². The van der Waals surface area contributed by atoms with Crippen LogP contribution in [-0.4, -0.2) is 31.5 Å². The molecular weight excluding hydrogens is 424 g/mol. The Morgan fingerprint density at radius 3 is 2.10 bits per heavy atom. The fraction of sp³-hybridized carbons (Fsp3) is 0.238. The van der Waals surface area contributed by atoms with Crippen molar-refractivity contribution in [3.05, 3.63) is 65.9 Å². The fourth-order valence-corrected chi connectivity index (χ4v) is 4.21. The van der Waals surface area contributed by atoms with Crippen molar-refractivity contribution in [3.8, 4) is 0 Å². The smallest absolute Gasteiger partial charge is 0.267 e. The van der Waals surface area contributed by atoms with E-state index in [4.69, 9.17) is 0 Å². The van der Waals surface area contributed by atoms with E-state index in [9.17, 15) is 17.2 Å². The number of anilines is 4. The van der Waals surface area contributed by atoms with Gasteiger partial charge in [-0.1, -0.05) is 6.07 Å². The number of nitrogens with one attached hydrogen (secondary N) is 2. The molecule has 3 aromatic rings. The van der Waals surface area contributed by atoms with Crippen molar-refractivity contribution in [3.63, 3.8) is 0 Å². The van der Waals surface area contributed by atoms with Crippen LogP contribution in [0.5, 0.6) is 0 Å². The zero-order chi connectivity index (χ0) is 22.6. The molecule has 0 aliphatic heterocycles. The number of aryl methyl sites for hydroxylation is 1. The second-order valence-corrected chi connectivity index (χ2v) is 8.34. The zero-order valence-electron chi connectivity index (χ0n) is 17.4. The van der Waals surface area contributed by atoms with Crippen molar-refractivity contribution in [2.24, 2.45) is 0 Å². The van der Waals surface area contributed by atoms with Gasteiger partial charge in [0.15, 0.2) is 4.90 Å². The van der Waals surface area contributed by atoms with E-state index in [0.717, 1.165) is 42.8 Å². The maximum atomic E-state index is 13.8. The lowest BCUT2D eigenvalue weighted by molar-refractivity contribution is 0.521. The lowest BCUT2D eigenvalue weighted by Crippen LogP contribution is -2.23. The van der Waals surface area contributed by atoms with Gasteiger partial charge in [-0.15, -0.1) is 0 Å². The number of sulfonamides is 1. The molecule has 0 aliphatic carbocycles. The van der Waals surface area contributed by atoms with Crippen LogP contribution in [0, 0.1) is 18.6 Å². The predicted molar refractivity (Wildman–Crippen MR) is 117 cm³/mol. The van der Waals surface area contributed by atoms with Crippen molar-refractivity contribution < 1.29 is 17.2 Å². The Kier molecular flexibility index (Phi) is 6.69. The molecule has 1 aromatic heterocycles. The first-order valence-electron chi connectivity index (χ1n) is 9.68. The third-order valence-electron chi connectivity index (χ3n) is 4.51. The van der Waals surface area contributed by atoms with E-state index in [1.807, 2.05) is 26.8 Å². The summed E-state index contributed by atoms with van der Waals surface area (Å²) in [6.45, 7) is 7.58. The highest BCUT2D eigenvalue weighted by Crippen LogP contribution is 2.24. The third-order valence-corrected chi connectivity index (χ3v) is 5.94. The van der Waals surface area contributed by atoms with Gasteiger partial charge in [0.05, 0.1) is 0 Å². The van der Waals surface area contributed by atoms with E-state index >= 15 is 0 Å². The van der Waals surface area contributed by atoms with E-state index in [-0.39, 0.29) is 5.69 Å². The van der Waals surface area contributed by atoms with Gasteiger partial charge >= 0.3 is 0 Å². The van der Waals surface area contributed by atoms with Crippen molar-refractivity contribution in [1.82, 2.24) is 9.97 Å². The van der Waals surface area contributed by atoms with E-state index in [0.29, 0.717) is 11.6 Å². The highest BCUT2D eigenvalue weighted by atomic mass is 32.2. The maximum Gasteiger partial charge on any atom is 0.267 e. The topological polar surface area (TPSA) is 87.2 Å².